The van der Waals surface area contributed by atoms with E-state index in [9.17, 15) is 74.7 Å². The van der Waals surface area contributed by atoms with Crippen LogP contribution < -0.4 is 5.73 Å². The van der Waals surface area contributed by atoms with E-state index in [1.165, 1.54) is 20.8 Å². The first-order valence-electron chi connectivity index (χ1n) is 17.7. The molecule has 0 aromatic carbocycles. The Kier molecular flexibility index (Phi) is 15.0. The molecular weight excluding hydrogens is 746 g/mol. The molecule has 0 aromatic heterocycles. The van der Waals surface area contributed by atoms with Crippen LogP contribution in [-0.2, 0) is 14.4 Å². The summed E-state index contributed by atoms with van der Waals surface area (Å²) in [5.41, 5.74) is 4.66. The molecule has 3 rings (SSSR count). The van der Waals surface area contributed by atoms with E-state index < -0.39 is 151 Å². The van der Waals surface area contributed by atoms with Crippen molar-refractivity contribution in [2.45, 2.75) is 83.0 Å². The van der Waals surface area contributed by atoms with Crippen molar-refractivity contribution in [1.82, 2.24) is 14.7 Å². The van der Waals surface area contributed by atoms with Crippen molar-refractivity contribution in [1.29, 1.82) is 0 Å². The second-order valence-corrected chi connectivity index (χ2v) is 13.0. The molecule has 6 unspecified atom stereocenters. The van der Waals surface area contributed by atoms with Gasteiger partial charge < -0.3 is 51.7 Å². The number of carboxylic acid groups (broad SMARTS) is 3. The van der Waals surface area contributed by atoms with Gasteiger partial charge in [-0.05, 0) is 38.5 Å². The first-order valence-corrected chi connectivity index (χ1v) is 17.7. The first-order chi connectivity index (χ1) is 26.4. The summed E-state index contributed by atoms with van der Waals surface area (Å²) in [4.78, 5) is 92.3. The third-order valence-electron chi connectivity index (χ3n) is 9.93. The Morgan fingerprint density at radius 2 is 0.821 bits per heavy atom. The molecular formula is C34H47N7O15. The van der Waals surface area contributed by atoms with Crippen molar-refractivity contribution in [3.63, 3.8) is 0 Å². The van der Waals surface area contributed by atoms with Gasteiger partial charge in [-0.3, -0.25) is 29.1 Å². The fourth-order valence-corrected chi connectivity index (χ4v) is 7.35. The molecule has 0 radical (unpaired) electrons. The van der Waals surface area contributed by atoms with Crippen LogP contribution in [0.5, 0.6) is 0 Å². The highest BCUT2D eigenvalue weighted by Crippen LogP contribution is 2.41. The molecule has 6 atom stereocenters. The van der Waals surface area contributed by atoms with Crippen LogP contribution in [-0.4, -0.2) is 158 Å². The van der Waals surface area contributed by atoms with Gasteiger partial charge in [-0.2, -0.15) is 0 Å². The molecule has 0 spiro atoms. The number of hydrogen-bond acceptors (Lipinski definition) is 16. The van der Waals surface area contributed by atoms with Crippen molar-refractivity contribution in [2.24, 2.45) is 38.5 Å². The number of carbonyl (C=O) groups excluding carboxylic acids is 3. The highest BCUT2D eigenvalue weighted by molar-refractivity contribution is 6.08. The number of hydrogen-bond donors (Lipinski definition) is 10. The number of nitrogens with two attached hydrogens (primary N) is 1. The number of nitrogens with zero attached hydrogens (tertiary/aromatic N) is 6. The monoisotopic (exact) mass is 793 g/mol. The van der Waals surface area contributed by atoms with E-state index in [1.54, 1.807) is 0 Å². The summed E-state index contributed by atoms with van der Waals surface area (Å²) in [6.45, 7) is 2.55. The van der Waals surface area contributed by atoms with Gasteiger partial charge in [0.2, 0.25) is 34.6 Å². The second kappa shape index (κ2) is 18.8. The molecule has 3 aliphatic rings. The van der Waals surface area contributed by atoms with Crippen LogP contribution in [0.15, 0.2) is 49.7 Å². The van der Waals surface area contributed by atoms with E-state index in [0.29, 0.717) is 14.7 Å². The molecule has 0 saturated carbocycles. The lowest BCUT2D eigenvalue weighted by atomic mass is 9.71. The zero-order valence-corrected chi connectivity index (χ0v) is 30.8. The topological polar surface area (TPSA) is 357 Å². The number of aliphatic hydroxyl groups excluding tert-OH is 6. The van der Waals surface area contributed by atoms with Crippen LogP contribution in [0.1, 0.15) is 59.3 Å². The third kappa shape index (κ3) is 8.27. The van der Waals surface area contributed by atoms with Gasteiger partial charge in [0.25, 0.3) is 0 Å². The molecule has 3 aliphatic heterocycles. The largest absolute Gasteiger partial charge is 0.502 e. The lowest BCUT2D eigenvalue weighted by molar-refractivity contribution is -0.121. The smallest absolute Gasteiger partial charge is 0.413 e. The number of ketones is 3. The predicted molar refractivity (Wildman–Crippen MR) is 194 cm³/mol. The summed E-state index contributed by atoms with van der Waals surface area (Å²) in [5, 5.41) is 93.6. The molecule has 3 amide bonds. The summed E-state index contributed by atoms with van der Waals surface area (Å²) in [7, 11) is 0. The van der Waals surface area contributed by atoms with E-state index in [2.05, 4.69) is 15.0 Å². The quantitative estimate of drug-likeness (QED) is 0.0928. The Bertz CT molecular complexity index is 1570. The fraction of sp³-hybridized carbons (Fsp3) is 0.559. The molecule has 56 heavy (non-hydrogen) atoms. The van der Waals surface area contributed by atoms with Crippen molar-refractivity contribution < 1.29 is 74.7 Å². The van der Waals surface area contributed by atoms with Gasteiger partial charge in [0.15, 0.2) is 17.5 Å². The summed E-state index contributed by atoms with van der Waals surface area (Å²) in [5.74, 6) is -12.9. The maximum atomic E-state index is 13.3. The van der Waals surface area contributed by atoms with Crippen LogP contribution in [0.25, 0.3) is 0 Å². The van der Waals surface area contributed by atoms with Gasteiger partial charge in [-0.15, -0.1) is 0 Å². The Morgan fingerprint density at radius 3 is 1.00 bits per heavy atom. The van der Waals surface area contributed by atoms with Gasteiger partial charge >= 0.3 is 18.3 Å². The SMILES string of the molecule is CCC(N(C(=O)O)C1=C(O)C(=O)C(CCO)C=N1)C(N)(C(CC)N(C(=O)O)C1=C(O)C(=O)C(CCO)C=N1)C(CC)N(C(=O)O)C1=C(O)C(=O)C(CCO)C=N1. The van der Waals surface area contributed by atoms with Gasteiger partial charge in [0, 0.05) is 38.5 Å². The van der Waals surface area contributed by atoms with Gasteiger partial charge in [0.1, 0.15) is 0 Å². The second-order valence-electron chi connectivity index (χ2n) is 13.0. The minimum absolute atomic E-state index is 0.199. The molecule has 0 fully saturated rings. The van der Waals surface area contributed by atoms with Gasteiger partial charge in [-0.1, -0.05) is 20.8 Å². The Morgan fingerprint density at radius 1 is 0.589 bits per heavy atom. The van der Waals surface area contributed by atoms with E-state index in [0.717, 1.165) is 18.6 Å². The predicted octanol–water partition coefficient (Wildman–Crippen LogP) is 1.10. The molecule has 0 bridgehead atoms. The highest BCUT2D eigenvalue weighted by atomic mass is 16.4. The van der Waals surface area contributed by atoms with Crippen LogP contribution >= 0.6 is 0 Å². The van der Waals surface area contributed by atoms with Crippen molar-refractivity contribution in [2.75, 3.05) is 19.8 Å². The average Bonchev–Trinajstić information content (AvgIpc) is 3.15. The standard InChI is InChI=1S/C34H47N7O15/c1-4-19(39(31(51)52)28-25(48)22(45)16(7-10-42)13-36-28)34(35,20(5-2)40(32(53)54)29-26(49)23(46)17(8-11-43)14-37-29)21(6-3)41(33(55)56)30-27(50)24(47)18(9-12-44)15-38-30/h13-21,42-44,48-50H,4-12,35H2,1-3H3,(H,51,52)(H,53,54)(H,55,56). The Hall–Kier alpha value is -5.71. The number of carbonyl (C=O) groups is 6. The molecule has 0 saturated heterocycles. The zero-order valence-electron chi connectivity index (χ0n) is 30.8. The number of rotatable bonds is 18. The number of allylic oxidation sites excluding steroid dienone is 3. The van der Waals surface area contributed by atoms with Crippen molar-refractivity contribution in [3.05, 3.63) is 34.7 Å². The number of aliphatic hydroxyl groups is 6. The van der Waals surface area contributed by atoms with Crippen molar-refractivity contribution in [3.8, 4) is 0 Å². The van der Waals surface area contributed by atoms with Crippen LogP contribution in [0.3, 0.4) is 0 Å². The molecule has 22 heteroatoms. The molecule has 3 heterocycles. The van der Waals surface area contributed by atoms with E-state index >= 15 is 0 Å². The molecule has 0 aromatic rings. The van der Waals surface area contributed by atoms with E-state index in [-0.39, 0.29) is 19.3 Å². The third-order valence-corrected chi connectivity index (χ3v) is 9.93. The number of amides is 3. The minimum atomic E-state index is -2.66. The average molecular weight is 794 g/mol. The van der Waals surface area contributed by atoms with E-state index in [1.807, 2.05) is 0 Å². The van der Waals surface area contributed by atoms with Crippen molar-refractivity contribution >= 4 is 54.3 Å². The fourth-order valence-electron chi connectivity index (χ4n) is 7.35. The summed E-state index contributed by atoms with van der Waals surface area (Å²) >= 11 is 0. The lowest BCUT2D eigenvalue weighted by Gasteiger charge is -2.54. The van der Waals surface area contributed by atoms with Crippen LogP contribution in [0.4, 0.5) is 14.4 Å². The van der Waals surface area contributed by atoms with Gasteiger partial charge in [0.05, 0.1) is 41.4 Å². The Balaban J connectivity index is 2.49. The van der Waals surface area contributed by atoms with E-state index in [4.69, 9.17) is 5.73 Å². The molecule has 22 nitrogen and oxygen atoms in total. The maximum absolute atomic E-state index is 13.3. The molecule has 11 N–H and O–H groups in total. The van der Waals surface area contributed by atoms with Gasteiger partial charge in [-0.25, -0.2) is 29.4 Å². The number of Topliss-reactive ketones (excluding diaryl/α,β-unsaturated/α-hetero) is 3. The molecule has 0 aliphatic carbocycles. The number of aliphatic imine (C=N–C) groups is 3. The van der Waals surface area contributed by atoms with Crippen LogP contribution in [0.2, 0.25) is 0 Å². The normalized spacial score (nSPS) is 22.6. The zero-order chi connectivity index (χ0) is 42.2. The summed E-state index contributed by atoms with van der Waals surface area (Å²) < 4.78 is 0. The highest BCUT2D eigenvalue weighted by Gasteiger charge is 2.58. The molecule has 308 valence electrons. The first kappa shape index (κ1) is 44.7. The van der Waals surface area contributed by atoms with Crippen LogP contribution in [0, 0.1) is 17.8 Å². The Labute approximate surface area is 319 Å². The summed E-state index contributed by atoms with van der Waals surface area (Å²) in [6.07, 6.45) is -4.81. The lowest BCUT2D eigenvalue weighted by Crippen LogP contribution is -2.77. The minimum Gasteiger partial charge on any atom is -0.502 e. The summed E-state index contributed by atoms with van der Waals surface area (Å²) in [6, 6.07) is -5.72. The maximum Gasteiger partial charge on any atom is 0.413 e.